The highest BCUT2D eigenvalue weighted by atomic mass is 35.5. The van der Waals surface area contributed by atoms with Crippen molar-refractivity contribution in [2.24, 2.45) is 0 Å². The molecule has 1 heterocycles. The molecule has 0 radical (unpaired) electrons. The molecule has 122 valence electrons. The van der Waals surface area contributed by atoms with Crippen LogP contribution in [0.15, 0.2) is 23.1 Å². The van der Waals surface area contributed by atoms with Gasteiger partial charge in [-0.25, -0.2) is 8.42 Å². The number of halogens is 2. The zero-order chi connectivity index (χ0) is 16.5. The molecule has 0 unspecified atom stereocenters. The largest absolute Gasteiger partial charge is 0.341 e. The maximum atomic E-state index is 12.5. The molecule has 0 saturated carbocycles. The van der Waals surface area contributed by atoms with Crippen LogP contribution < -0.4 is 0 Å². The van der Waals surface area contributed by atoms with E-state index in [9.17, 15) is 13.2 Å². The molecule has 0 aromatic heterocycles. The number of sulfone groups is 1. The quantitative estimate of drug-likeness (QED) is 0.751. The van der Waals surface area contributed by atoms with Crippen molar-refractivity contribution < 1.29 is 13.2 Å². The summed E-state index contributed by atoms with van der Waals surface area (Å²) in [6.45, 7) is 1.78. The van der Waals surface area contributed by atoms with E-state index < -0.39 is 9.84 Å². The fourth-order valence-electron chi connectivity index (χ4n) is 2.36. The maximum Gasteiger partial charge on any atom is 0.235 e. The van der Waals surface area contributed by atoms with Gasteiger partial charge in [-0.1, -0.05) is 23.2 Å². The second kappa shape index (κ2) is 6.99. The Labute approximate surface area is 145 Å². The molecule has 1 amide bonds. The zero-order valence-corrected chi connectivity index (χ0v) is 15.4. The highest BCUT2D eigenvalue weighted by molar-refractivity contribution is 8.00. The van der Waals surface area contributed by atoms with Gasteiger partial charge in [0.15, 0.2) is 9.84 Å². The Hall–Kier alpha value is -0.430. The van der Waals surface area contributed by atoms with Gasteiger partial charge in [-0.05, 0) is 31.5 Å². The van der Waals surface area contributed by atoms with Crippen molar-refractivity contribution in [1.29, 1.82) is 0 Å². The van der Waals surface area contributed by atoms with Gasteiger partial charge in [0.05, 0.1) is 21.8 Å². The van der Waals surface area contributed by atoms with Crippen molar-refractivity contribution in [1.82, 2.24) is 4.90 Å². The number of amides is 1. The normalized spacial score (nSPS) is 21.5. The van der Waals surface area contributed by atoms with E-state index in [0.29, 0.717) is 16.5 Å². The van der Waals surface area contributed by atoms with Crippen LogP contribution >= 0.6 is 35.0 Å². The second-order valence-corrected chi connectivity index (χ2v) is 9.80. The van der Waals surface area contributed by atoms with Crippen molar-refractivity contribution in [2.45, 2.75) is 29.5 Å². The molecule has 0 bridgehead atoms. The van der Waals surface area contributed by atoms with Crippen LogP contribution in [-0.4, -0.2) is 49.1 Å². The number of thioether (sulfide) groups is 1. The Morgan fingerprint density at radius 3 is 2.68 bits per heavy atom. The summed E-state index contributed by atoms with van der Waals surface area (Å²) >= 11 is 13.4. The summed E-state index contributed by atoms with van der Waals surface area (Å²) in [5.74, 6) is 0.0877. The molecular formula is C14H17Cl2NO3S2. The molecule has 2 rings (SSSR count). The average molecular weight is 382 g/mol. The topological polar surface area (TPSA) is 54.5 Å². The number of rotatable bonds is 4. The summed E-state index contributed by atoms with van der Waals surface area (Å²) in [7, 11) is -1.35. The summed E-state index contributed by atoms with van der Waals surface area (Å²) in [4.78, 5) is 14.8. The molecule has 0 aliphatic carbocycles. The average Bonchev–Trinajstić information content (AvgIpc) is 2.81. The molecule has 1 aliphatic rings. The molecule has 0 spiro atoms. The van der Waals surface area contributed by atoms with Crippen LogP contribution in [0.3, 0.4) is 0 Å². The zero-order valence-electron chi connectivity index (χ0n) is 12.3. The van der Waals surface area contributed by atoms with Gasteiger partial charge in [0.25, 0.3) is 0 Å². The maximum absolute atomic E-state index is 12.5. The van der Waals surface area contributed by atoms with Gasteiger partial charge in [0.2, 0.25) is 5.91 Å². The lowest BCUT2D eigenvalue weighted by molar-refractivity contribution is -0.130. The predicted octanol–water partition coefficient (Wildman–Crippen LogP) is 3.12. The smallest absolute Gasteiger partial charge is 0.235 e. The molecule has 8 heteroatoms. The second-order valence-electron chi connectivity index (χ2n) is 5.34. The molecule has 0 N–H and O–H groups in total. The van der Waals surface area contributed by atoms with Gasteiger partial charge >= 0.3 is 0 Å². The van der Waals surface area contributed by atoms with E-state index in [1.54, 1.807) is 37.1 Å². The fraction of sp³-hybridized carbons (Fsp3) is 0.500. The van der Waals surface area contributed by atoms with Gasteiger partial charge in [0.1, 0.15) is 0 Å². The Balaban J connectivity index is 2.04. The Bertz CT molecular complexity index is 679. The number of carbonyl (C=O) groups is 1. The van der Waals surface area contributed by atoms with E-state index in [-0.39, 0.29) is 28.7 Å². The number of hydrogen-bond donors (Lipinski definition) is 0. The molecule has 1 saturated heterocycles. The standard InChI is InChI=1S/C14H17Cl2NO3S2/c1-9(21-13-7-10(15)3-4-12(13)16)14(18)17(2)11-5-6-22(19,20)8-11/h3-4,7,9,11H,5-6,8H2,1-2H3/t9-,11+/m1/s1. The minimum atomic E-state index is -3.01. The van der Waals surface area contributed by atoms with Gasteiger partial charge in [-0.3, -0.25) is 4.79 Å². The molecular weight excluding hydrogens is 365 g/mol. The summed E-state index contributed by atoms with van der Waals surface area (Å²) < 4.78 is 23.1. The van der Waals surface area contributed by atoms with Crippen LogP contribution in [0.1, 0.15) is 13.3 Å². The van der Waals surface area contributed by atoms with E-state index in [1.807, 2.05) is 0 Å². The minimum absolute atomic E-state index is 0.0462. The summed E-state index contributed by atoms with van der Waals surface area (Å²) in [6, 6.07) is 4.86. The van der Waals surface area contributed by atoms with Crippen LogP contribution in [0, 0.1) is 0 Å². The molecule has 1 fully saturated rings. The fourth-order valence-corrected chi connectivity index (χ4v) is 5.64. The Kier molecular flexibility index (Phi) is 5.69. The van der Waals surface area contributed by atoms with Crippen molar-refractivity contribution in [3.63, 3.8) is 0 Å². The monoisotopic (exact) mass is 381 g/mol. The number of nitrogens with zero attached hydrogens (tertiary/aromatic N) is 1. The highest BCUT2D eigenvalue weighted by Crippen LogP contribution is 2.33. The molecule has 2 atom stereocenters. The molecule has 22 heavy (non-hydrogen) atoms. The Morgan fingerprint density at radius 2 is 2.09 bits per heavy atom. The summed E-state index contributed by atoms with van der Waals surface area (Å²) in [5.41, 5.74) is 0. The van der Waals surface area contributed by atoms with E-state index in [4.69, 9.17) is 23.2 Å². The third-order valence-electron chi connectivity index (χ3n) is 3.65. The SMILES string of the molecule is C[C@@H](Sc1cc(Cl)ccc1Cl)C(=O)N(C)[C@H]1CCS(=O)(=O)C1. The molecule has 1 aromatic rings. The first-order valence-corrected chi connectivity index (χ1v) is 10.2. The molecule has 1 aromatic carbocycles. The highest BCUT2D eigenvalue weighted by Gasteiger charge is 2.34. The van der Waals surface area contributed by atoms with Gasteiger partial charge in [0, 0.05) is 23.0 Å². The first-order valence-electron chi connectivity index (χ1n) is 6.78. The van der Waals surface area contributed by atoms with Crippen LogP contribution in [0.5, 0.6) is 0 Å². The Morgan fingerprint density at radius 1 is 1.41 bits per heavy atom. The number of carbonyl (C=O) groups excluding carboxylic acids is 1. The van der Waals surface area contributed by atoms with Crippen LogP contribution in [0.2, 0.25) is 10.0 Å². The third kappa shape index (κ3) is 4.31. The lowest BCUT2D eigenvalue weighted by atomic mass is 10.2. The van der Waals surface area contributed by atoms with Crippen molar-refractivity contribution in [3.05, 3.63) is 28.2 Å². The lowest BCUT2D eigenvalue weighted by Gasteiger charge is -2.26. The van der Waals surface area contributed by atoms with Gasteiger partial charge < -0.3 is 4.90 Å². The van der Waals surface area contributed by atoms with Crippen molar-refractivity contribution in [3.8, 4) is 0 Å². The van der Waals surface area contributed by atoms with Crippen LogP contribution in [0.4, 0.5) is 0 Å². The van der Waals surface area contributed by atoms with Crippen LogP contribution in [0.25, 0.3) is 0 Å². The first-order chi connectivity index (χ1) is 10.2. The summed E-state index contributed by atoms with van der Waals surface area (Å²) in [6.07, 6.45) is 0.500. The summed E-state index contributed by atoms with van der Waals surface area (Å²) in [5, 5.41) is 0.728. The van der Waals surface area contributed by atoms with Crippen molar-refractivity contribution in [2.75, 3.05) is 18.6 Å². The van der Waals surface area contributed by atoms with Gasteiger partial charge in [-0.2, -0.15) is 0 Å². The van der Waals surface area contributed by atoms with E-state index in [1.165, 1.54) is 11.8 Å². The molecule has 4 nitrogen and oxygen atoms in total. The predicted molar refractivity (Wildman–Crippen MR) is 91.6 cm³/mol. The lowest BCUT2D eigenvalue weighted by Crippen LogP contribution is -2.41. The minimum Gasteiger partial charge on any atom is -0.341 e. The molecule has 1 aliphatic heterocycles. The third-order valence-corrected chi connectivity index (χ3v) is 7.22. The number of hydrogen-bond acceptors (Lipinski definition) is 4. The first kappa shape index (κ1) is 17.9. The van der Waals surface area contributed by atoms with Crippen LogP contribution in [-0.2, 0) is 14.6 Å². The number of benzene rings is 1. The van der Waals surface area contributed by atoms with E-state index in [0.717, 1.165) is 4.90 Å². The van der Waals surface area contributed by atoms with E-state index >= 15 is 0 Å². The van der Waals surface area contributed by atoms with Gasteiger partial charge in [-0.15, -0.1) is 11.8 Å². The van der Waals surface area contributed by atoms with Crippen molar-refractivity contribution >= 4 is 50.7 Å². The van der Waals surface area contributed by atoms with E-state index in [2.05, 4.69) is 0 Å².